The first kappa shape index (κ1) is 26.6. The Hall–Kier alpha value is -3.48. The lowest BCUT2D eigenvalue weighted by Gasteiger charge is -2.26. The molecule has 0 spiro atoms. The van der Waals surface area contributed by atoms with Crippen molar-refractivity contribution in [2.45, 2.75) is 57.3 Å². The van der Waals surface area contributed by atoms with Crippen molar-refractivity contribution in [2.24, 2.45) is 0 Å². The fourth-order valence-electron chi connectivity index (χ4n) is 4.49. The van der Waals surface area contributed by atoms with Gasteiger partial charge in [0.2, 0.25) is 0 Å². The summed E-state index contributed by atoms with van der Waals surface area (Å²) in [4.78, 5) is 28.4. The number of aliphatic hydroxyl groups excluding tert-OH is 1. The van der Waals surface area contributed by atoms with Crippen LogP contribution in [0.4, 0.5) is 0 Å². The predicted octanol–water partition coefficient (Wildman–Crippen LogP) is 4.28. The van der Waals surface area contributed by atoms with Crippen LogP contribution in [0.5, 0.6) is 0 Å². The number of aliphatic hydroxyl groups is 1. The second-order valence-electron chi connectivity index (χ2n) is 10.1. The number of amides is 2. The Morgan fingerprint density at radius 1 is 0.973 bits per heavy atom. The van der Waals surface area contributed by atoms with Gasteiger partial charge in [-0.05, 0) is 68.0 Å². The maximum Gasteiger partial charge on any atom is 0.254 e. The molecule has 1 fully saturated rings. The summed E-state index contributed by atoms with van der Waals surface area (Å²) in [6.45, 7) is 4.29. The largest absolute Gasteiger partial charge is 0.390 e. The number of hydrogen-bond donors (Lipinski definition) is 3. The van der Waals surface area contributed by atoms with E-state index in [2.05, 4.69) is 10.6 Å². The normalized spacial score (nSPS) is 15.5. The van der Waals surface area contributed by atoms with Crippen LogP contribution in [-0.2, 0) is 6.42 Å². The van der Waals surface area contributed by atoms with Gasteiger partial charge in [0.05, 0.1) is 18.2 Å². The Kier molecular flexibility index (Phi) is 8.74. The van der Waals surface area contributed by atoms with Crippen LogP contribution in [0.15, 0.2) is 78.9 Å². The van der Waals surface area contributed by atoms with Crippen molar-refractivity contribution in [1.82, 2.24) is 15.5 Å². The van der Waals surface area contributed by atoms with Gasteiger partial charge in [0.25, 0.3) is 11.8 Å². The summed E-state index contributed by atoms with van der Waals surface area (Å²) in [6.07, 6.45) is 2.02. The molecule has 0 radical (unpaired) electrons. The van der Waals surface area contributed by atoms with Crippen LogP contribution < -0.4 is 10.6 Å². The van der Waals surface area contributed by atoms with E-state index in [1.807, 2.05) is 80.6 Å². The average Bonchev–Trinajstić information content (AvgIpc) is 3.75. The number of benzene rings is 3. The first-order valence-corrected chi connectivity index (χ1v) is 13.0. The highest BCUT2D eigenvalue weighted by Crippen LogP contribution is 2.22. The molecule has 3 aromatic carbocycles. The van der Waals surface area contributed by atoms with Gasteiger partial charge in [0, 0.05) is 30.8 Å². The second kappa shape index (κ2) is 12.2. The van der Waals surface area contributed by atoms with E-state index < -0.39 is 12.1 Å². The van der Waals surface area contributed by atoms with Crippen LogP contribution in [0, 0.1) is 6.92 Å². The second-order valence-corrected chi connectivity index (χ2v) is 10.1. The molecule has 3 atom stereocenters. The molecule has 1 aliphatic rings. The van der Waals surface area contributed by atoms with E-state index in [0.29, 0.717) is 30.1 Å². The molecule has 0 heterocycles. The fraction of sp³-hybridized carbons (Fsp3) is 0.355. The Morgan fingerprint density at radius 2 is 1.59 bits per heavy atom. The maximum absolute atomic E-state index is 13.4. The van der Waals surface area contributed by atoms with Crippen LogP contribution >= 0.6 is 0 Å². The number of nitrogens with zero attached hydrogens (tertiary/aromatic N) is 1. The molecule has 0 aliphatic heterocycles. The summed E-state index contributed by atoms with van der Waals surface area (Å²) in [5.74, 6) is -0.452. The van der Waals surface area contributed by atoms with E-state index in [0.717, 1.165) is 29.5 Å². The molecule has 0 unspecified atom stereocenters. The zero-order valence-electron chi connectivity index (χ0n) is 21.9. The van der Waals surface area contributed by atoms with E-state index in [1.165, 1.54) is 0 Å². The molecule has 0 bridgehead atoms. The van der Waals surface area contributed by atoms with Crippen LogP contribution in [0.3, 0.4) is 0 Å². The fourth-order valence-corrected chi connectivity index (χ4v) is 4.49. The van der Waals surface area contributed by atoms with Gasteiger partial charge < -0.3 is 20.6 Å². The Bertz CT molecular complexity index is 1190. The number of hydrogen-bond acceptors (Lipinski definition) is 4. The quantitative estimate of drug-likeness (QED) is 0.368. The lowest BCUT2D eigenvalue weighted by Crippen LogP contribution is -2.49. The highest BCUT2D eigenvalue weighted by atomic mass is 16.3. The number of carbonyl (C=O) groups excluding carboxylic acids is 2. The number of rotatable bonds is 11. The lowest BCUT2D eigenvalue weighted by molar-refractivity contribution is 0.0742. The number of aryl methyl sites for hydroxylation is 1. The SMILES string of the molecule is Cc1cc(C(=O)N[C@@H](Cc2ccccc2)[C@H](O)CNC2CC2)cc(C(=O)N(C)[C@H](C)c2ccccc2)c1. The van der Waals surface area contributed by atoms with Crippen molar-refractivity contribution in [1.29, 1.82) is 0 Å². The zero-order chi connectivity index (χ0) is 26.4. The molecular formula is C31H37N3O3. The van der Waals surface area contributed by atoms with Crippen LogP contribution in [0.2, 0.25) is 0 Å². The molecule has 1 aliphatic carbocycles. The van der Waals surface area contributed by atoms with E-state index in [-0.39, 0.29) is 17.9 Å². The molecule has 6 heteroatoms. The van der Waals surface area contributed by atoms with Crippen LogP contribution in [-0.4, -0.2) is 53.6 Å². The molecular weight excluding hydrogens is 462 g/mol. The van der Waals surface area contributed by atoms with Gasteiger partial charge >= 0.3 is 0 Å². The van der Waals surface area contributed by atoms with Crippen molar-refractivity contribution >= 4 is 11.8 Å². The topological polar surface area (TPSA) is 81.7 Å². The molecule has 4 rings (SSSR count). The number of nitrogens with one attached hydrogen (secondary N) is 2. The molecule has 1 saturated carbocycles. The van der Waals surface area contributed by atoms with Gasteiger partial charge in [0.15, 0.2) is 0 Å². The predicted molar refractivity (Wildman–Crippen MR) is 147 cm³/mol. The smallest absolute Gasteiger partial charge is 0.254 e. The highest BCUT2D eigenvalue weighted by Gasteiger charge is 2.27. The summed E-state index contributed by atoms with van der Waals surface area (Å²) in [7, 11) is 1.78. The minimum atomic E-state index is -0.742. The standard InChI is InChI=1S/C31H37N3O3/c1-21-16-25(19-26(17-21)31(37)34(3)22(2)24-12-8-5-9-13-24)30(36)33-28(18-23-10-6-4-7-11-23)29(35)20-32-27-14-15-27/h4-13,16-17,19,22,27-29,32,35H,14-15,18,20H2,1-3H3,(H,33,36)/t22-,28+,29-/m1/s1. The maximum atomic E-state index is 13.4. The summed E-state index contributed by atoms with van der Waals surface area (Å²) in [6, 6.07) is 24.8. The third-order valence-corrected chi connectivity index (χ3v) is 7.04. The van der Waals surface area contributed by atoms with E-state index >= 15 is 0 Å². The van der Waals surface area contributed by atoms with Gasteiger partial charge in [-0.2, -0.15) is 0 Å². The Balaban J connectivity index is 1.50. The van der Waals surface area contributed by atoms with Gasteiger partial charge in [-0.1, -0.05) is 60.7 Å². The monoisotopic (exact) mass is 499 g/mol. The summed E-state index contributed by atoms with van der Waals surface area (Å²) < 4.78 is 0. The zero-order valence-corrected chi connectivity index (χ0v) is 21.9. The third-order valence-electron chi connectivity index (χ3n) is 7.04. The summed E-state index contributed by atoms with van der Waals surface area (Å²) in [5.41, 5.74) is 3.78. The lowest BCUT2D eigenvalue weighted by atomic mass is 9.99. The van der Waals surface area contributed by atoms with Crippen molar-refractivity contribution in [3.63, 3.8) is 0 Å². The van der Waals surface area contributed by atoms with Gasteiger partial charge in [-0.15, -0.1) is 0 Å². The molecule has 0 aromatic heterocycles. The average molecular weight is 500 g/mol. The Morgan fingerprint density at radius 3 is 2.24 bits per heavy atom. The first-order chi connectivity index (χ1) is 17.8. The van der Waals surface area contributed by atoms with Crippen LogP contribution in [0.1, 0.15) is 63.2 Å². The van der Waals surface area contributed by atoms with E-state index in [4.69, 9.17) is 0 Å². The van der Waals surface area contributed by atoms with Gasteiger partial charge in [-0.25, -0.2) is 0 Å². The van der Waals surface area contributed by atoms with Crippen molar-refractivity contribution in [2.75, 3.05) is 13.6 Å². The molecule has 37 heavy (non-hydrogen) atoms. The molecule has 2 amide bonds. The van der Waals surface area contributed by atoms with Crippen molar-refractivity contribution in [3.8, 4) is 0 Å². The Labute approximate surface area is 219 Å². The summed E-state index contributed by atoms with van der Waals surface area (Å²) >= 11 is 0. The highest BCUT2D eigenvalue weighted by molar-refractivity contribution is 6.00. The molecule has 194 valence electrons. The van der Waals surface area contributed by atoms with Gasteiger partial charge in [0.1, 0.15) is 0 Å². The molecule has 3 N–H and O–H groups in total. The van der Waals surface area contributed by atoms with Crippen molar-refractivity contribution in [3.05, 3.63) is 107 Å². The molecule has 3 aromatic rings. The number of carbonyl (C=O) groups is 2. The van der Waals surface area contributed by atoms with Gasteiger partial charge in [-0.3, -0.25) is 9.59 Å². The minimum Gasteiger partial charge on any atom is -0.390 e. The minimum absolute atomic E-state index is 0.115. The molecule has 0 saturated heterocycles. The third kappa shape index (κ3) is 7.28. The van der Waals surface area contributed by atoms with E-state index in [1.54, 1.807) is 24.1 Å². The molecule has 6 nitrogen and oxygen atoms in total. The van der Waals surface area contributed by atoms with Crippen molar-refractivity contribution < 1.29 is 14.7 Å². The summed E-state index contributed by atoms with van der Waals surface area (Å²) in [5, 5.41) is 17.3. The van der Waals surface area contributed by atoms with Crippen LogP contribution in [0.25, 0.3) is 0 Å². The van der Waals surface area contributed by atoms with E-state index in [9.17, 15) is 14.7 Å². The first-order valence-electron chi connectivity index (χ1n) is 13.0.